The van der Waals surface area contributed by atoms with Crippen LogP contribution in [0.15, 0.2) is 29.2 Å². The number of hydrogen-bond acceptors (Lipinski definition) is 5. The molecule has 112 valence electrons. The van der Waals surface area contributed by atoms with Crippen molar-refractivity contribution in [2.24, 2.45) is 0 Å². The standard InChI is InChI=1S/C13H14N2O5S/c14-6-5-9-1-3-11(4-2-9)21(19,20)15-8-10(16)7-12(15)13(17)18/h1-4,10,12,16H,5,7-8H2,(H,17,18)/t10-,12-/m1/s1. The van der Waals surface area contributed by atoms with Crippen molar-refractivity contribution in [2.75, 3.05) is 6.54 Å². The van der Waals surface area contributed by atoms with Gasteiger partial charge in [-0.05, 0) is 17.7 Å². The average Bonchev–Trinajstić information content (AvgIpc) is 2.83. The predicted molar refractivity (Wildman–Crippen MR) is 71.7 cm³/mol. The van der Waals surface area contributed by atoms with Gasteiger partial charge in [-0.15, -0.1) is 0 Å². The number of rotatable bonds is 4. The normalized spacial score (nSPS) is 22.9. The Morgan fingerprint density at radius 1 is 1.38 bits per heavy atom. The Morgan fingerprint density at radius 2 is 2.00 bits per heavy atom. The monoisotopic (exact) mass is 310 g/mol. The Kier molecular flexibility index (Phi) is 4.27. The second kappa shape index (κ2) is 5.81. The number of β-amino-alcohol motifs (C(OH)–C–C–N with tert-alkyl or cyclic N) is 1. The molecular formula is C13H14N2O5S. The number of nitriles is 1. The molecular weight excluding hydrogens is 296 g/mol. The van der Waals surface area contributed by atoms with Crippen molar-refractivity contribution in [3.63, 3.8) is 0 Å². The van der Waals surface area contributed by atoms with Crippen LogP contribution in [-0.2, 0) is 21.2 Å². The lowest BCUT2D eigenvalue weighted by atomic mass is 10.2. The minimum absolute atomic E-state index is 0.0514. The Labute approximate surface area is 122 Å². The fraction of sp³-hybridized carbons (Fsp3) is 0.385. The molecule has 21 heavy (non-hydrogen) atoms. The summed E-state index contributed by atoms with van der Waals surface area (Å²) in [5.74, 6) is -1.28. The van der Waals surface area contributed by atoms with Crippen LogP contribution in [0.3, 0.4) is 0 Å². The summed E-state index contributed by atoms with van der Waals surface area (Å²) in [5.41, 5.74) is 0.674. The highest BCUT2D eigenvalue weighted by Gasteiger charge is 2.43. The van der Waals surface area contributed by atoms with Gasteiger partial charge in [0.05, 0.1) is 23.5 Å². The number of aliphatic hydroxyl groups is 1. The maximum absolute atomic E-state index is 12.5. The summed E-state index contributed by atoms with van der Waals surface area (Å²) in [6, 6.07) is 6.40. The van der Waals surface area contributed by atoms with Crippen LogP contribution < -0.4 is 0 Å². The van der Waals surface area contributed by atoms with Crippen LogP contribution in [0.5, 0.6) is 0 Å². The van der Waals surface area contributed by atoms with Crippen molar-refractivity contribution < 1.29 is 23.4 Å². The fourth-order valence-corrected chi connectivity index (χ4v) is 3.91. The van der Waals surface area contributed by atoms with Gasteiger partial charge in [0.2, 0.25) is 10.0 Å². The summed E-state index contributed by atoms with van der Waals surface area (Å²) in [6.45, 7) is -0.237. The van der Waals surface area contributed by atoms with E-state index in [1.165, 1.54) is 24.3 Å². The topological polar surface area (TPSA) is 119 Å². The predicted octanol–water partition coefficient (Wildman–Crippen LogP) is -0.0388. The number of aliphatic carboxylic acids is 1. The van der Waals surface area contributed by atoms with Gasteiger partial charge < -0.3 is 10.2 Å². The average molecular weight is 310 g/mol. The van der Waals surface area contributed by atoms with Gasteiger partial charge in [-0.25, -0.2) is 8.42 Å². The van der Waals surface area contributed by atoms with Gasteiger partial charge in [-0.2, -0.15) is 9.57 Å². The van der Waals surface area contributed by atoms with Crippen molar-refractivity contribution in [3.8, 4) is 6.07 Å². The molecule has 0 aliphatic carbocycles. The molecule has 0 unspecified atom stereocenters. The molecule has 1 fully saturated rings. The molecule has 1 aromatic carbocycles. The summed E-state index contributed by atoms with van der Waals surface area (Å²) in [5, 5.41) is 27.2. The molecule has 1 saturated heterocycles. The van der Waals surface area contributed by atoms with Crippen LogP contribution in [0.1, 0.15) is 12.0 Å². The lowest BCUT2D eigenvalue weighted by molar-refractivity contribution is -0.140. The van der Waals surface area contributed by atoms with Gasteiger partial charge in [0.1, 0.15) is 6.04 Å². The van der Waals surface area contributed by atoms with Gasteiger partial charge in [0.25, 0.3) is 0 Å². The molecule has 7 nitrogen and oxygen atoms in total. The third-order valence-electron chi connectivity index (χ3n) is 3.33. The molecule has 2 N–H and O–H groups in total. The number of carbonyl (C=O) groups is 1. The van der Waals surface area contributed by atoms with Crippen molar-refractivity contribution >= 4 is 16.0 Å². The molecule has 8 heteroatoms. The summed E-state index contributed by atoms with van der Waals surface area (Å²) in [6.07, 6.45) is -0.944. The zero-order valence-corrected chi connectivity index (χ0v) is 11.8. The zero-order chi connectivity index (χ0) is 15.6. The maximum atomic E-state index is 12.5. The molecule has 0 bridgehead atoms. The van der Waals surface area contributed by atoms with Crippen molar-refractivity contribution in [3.05, 3.63) is 29.8 Å². The smallest absolute Gasteiger partial charge is 0.322 e. The lowest BCUT2D eigenvalue weighted by Crippen LogP contribution is -2.40. The zero-order valence-electron chi connectivity index (χ0n) is 11.0. The summed E-state index contributed by atoms with van der Waals surface area (Å²) in [4.78, 5) is 11.1. The van der Waals surface area contributed by atoms with Gasteiger partial charge in [-0.1, -0.05) is 12.1 Å². The number of hydrogen-bond donors (Lipinski definition) is 2. The van der Waals surface area contributed by atoms with Gasteiger partial charge in [0, 0.05) is 13.0 Å². The molecule has 1 heterocycles. The van der Waals surface area contributed by atoms with Gasteiger partial charge in [-0.3, -0.25) is 4.79 Å². The quantitative estimate of drug-likeness (QED) is 0.805. The fourth-order valence-electron chi connectivity index (χ4n) is 2.28. The Morgan fingerprint density at radius 3 is 2.52 bits per heavy atom. The van der Waals surface area contributed by atoms with E-state index >= 15 is 0 Å². The van der Waals surface area contributed by atoms with Crippen molar-refractivity contribution in [1.29, 1.82) is 5.26 Å². The minimum Gasteiger partial charge on any atom is -0.480 e. The van der Waals surface area contributed by atoms with Gasteiger partial charge in [0.15, 0.2) is 0 Å². The van der Waals surface area contributed by atoms with E-state index < -0.39 is 28.1 Å². The SMILES string of the molecule is N#CCc1ccc(S(=O)(=O)N2C[C@H](O)C[C@@H]2C(=O)O)cc1. The highest BCUT2D eigenvalue weighted by atomic mass is 32.2. The molecule has 2 rings (SSSR count). The number of sulfonamides is 1. The van der Waals surface area contributed by atoms with E-state index in [0.29, 0.717) is 5.56 Å². The van der Waals surface area contributed by atoms with Crippen molar-refractivity contribution in [1.82, 2.24) is 4.31 Å². The largest absolute Gasteiger partial charge is 0.480 e. The van der Waals surface area contributed by atoms with E-state index in [9.17, 15) is 18.3 Å². The molecule has 0 spiro atoms. The molecule has 1 aliphatic rings. The second-order valence-corrected chi connectivity index (χ2v) is 6.69. The molecule has 1 aromatic rings. The molecule has 2 atom stereocenters. The van der Waals surface area contributed by atoms with E-state index in [1.807, 2.05) is 6.07 Å². The van der Waals surface area contributed by atoms with Crippen LogP contribution in [-0.4, -0.2) is 47.6 Å². The van der Waals surface area contributed by atoms with Crippen LogP contribution in [0.25, 0.3) is 0 Å². The number of benzene rings is 1. The van der Waals surface area contributed by atoms with Crippen LogP contribution >= 0.6 is 0 Å². The van der Waals surface area contributed by atoms with Gasteiger partial charge >= 0.3 is 5.97 Å². The Hall–Kier alpha value is -1.95. The molecule has 0 radical (unpaired) electrons. The first kappa shape index (κ1) is 15.4. The summed E-state index contributed by atoms with van der Waals surface area (Å²) in [7, 11) is -3.99. The van der Waals surface area contributed by atoms with Crippen molar-refractivity contribution in [2.45, 2.75) is 29.9 Å². The van der Waals surface area contributed by atoms with E-state index in [-0.39, 0.29) is 24.3 Å². The molecule has 0 aromatic heterocycles. The first-order valence-electron chi connectivity index (χ1n) is 6.25. The third-order valence-corrected chi connectivity index (χ3v) is 5.22. The third kappa shape index (κ3) is 3.05. The number of carboxylic acids is 1. The van der Waals surface area contributed by atoms with E-state index in [4.69, 9.17) is 10.4 Å². The number of nitrogens with zero attached hydrogens (tertiary/aromatic N) is 2. The number of aliphatic hydroxyl groups excluding tert-OH is 1. The Balaban J connectivity index is 2.33. The van der Waals surface area contributed by atoms with Crippen LogP contribution in [0.2, 0.25) is 0 Å². The number of carboxylic acid groups (broad SMARTS) is 1. The van der Waals surface area contributed by atoms with Crippen LogP contribution in [0.4, 0.5) is 0 Å². The van der Waals surface area contributed by atoms with E-state index in [1.54, 1.807) is 0 Å². The highest BCUT2D eigenvalue weighted by molar-refractivity contribution is 7.89. The second-order valence-electron chi connectivity index (χ2n) is 4.80. The first-order valence-corrected chi connectivity index (χ1v) is 7.69. The minimum atomic E-state index is -3.99. The highest BCUT2D eigenvalue weighted by Crippen LogP contribution is 2.26. The molecule has 0 saturated carbocycles. The van der Waals surface area contributed by atoms with E-state index in [2.05, 4.69) is 0 Å². The summed E-state index contributed by atoms with van der Waals surface area (Å²) < 4.78 is 25.7. The first-order chi connectivity index (χ1) is 9.86. The van der Waals surface area contributed by atoms with Crippen LogP contribution in [0, 0.1) is 11.3 Å². The molecule has 1 aliphatic heterocycles. The summed E-state index contributed by atoms with van der Waals surface area (Å²) >= 11 is 0. The lowest BCUT2D eigenvalue weighted by Gasteiger charge is -2.20. The van der Waals surface area contributed by atoms with E-state index in [0.717, 1.165) is 4.31 Å². The molecule has 0 amide bonds. The maximum Gasteiger partial charge on any atom is 0.322 e. The Bertz CT molecular complexity index is 678.